The number of amides is 1. The lowest BCUT2D eigenvalue weighted by Crippen LogP contribution is -2.49. The molecule has 1 amide bonds. The summed E-state index contributed by atoms with van der Waals surface area (Å²) in [6.07, 6.45) is 1.30. The first-order valence-electron chi connectivity index (χ1n) is 14.7. The number of para-hydroxylation sites is 1. The molecule has 1 saturated heterocycles. The highest BCUT2D eigenvalue weighted by Gasteiger charge is 2.28. The number of piperazine rings is 1. The summed E-state index contributed by atoms with van der Waals surface area (Å²) in [4.78, 5) is 17.7. The van der Waals surface area contributed by atoms with Crippen molar-refractivity contribution in [1.82, 2.24) is 24.6 Å². The molecule has 0 bridgehead atoms. The lowest BCUT2D eigenvalue weighted by Gasteiger charge is -2.40. The molecular weight excluding hydrogens is 574 g/mol. The molecule has 4 aromatic carbocycles. The van der Waals surface area contributed by atoms with E-state index in [1.54, 1.807) is 11.8 Å². The predicted molar refractivity (Wildman–Crippen MR) is 175 cm³/mol. The van der Waals surface area contributed by atoms with Gasteiger partial charge in [0.2, 0.25) is 5.91 Å². The summed E-state index contributed by atoms with van der Waals surface area (Å²) in [6.45, 7) is 3.19. The number of nitrogens with zero attached hydrogens (tertiary/aromatic N) is 5. The van der Waals surface area contributed by atoms with Crippen molar-refractivity contribution in [3.05, 3.63) is 131 Å². The van der Waals surface area contributed by atoms with Gasteiger partial charge in [-0.2, -0.15) is 0 Å². The number of hydrogen-bond donors (Lipinski definition) is 0. The molecule has 2 heterocycles. The van der Waals surface area contributed by atoms with Gasteiger partial charge in [-0.3, -0.25) is 14.3 Å². The molecule has 218 valence electrons. The molecule has 1 aliphatic heterocycles. The Labute approximate surface area is 262 Å². The van der Waals surface area contributed by atoms with Gasteiger partial charge in [0, 0.05) is 54.6 Å². The van der Waals surface area contributed by atoms with Gasteiger partial charge >= 0.3 is 0 Å². The zero-order valence-electron chi connectivity index (χ0n) is 23.9. The minimum absolute atomic E-state index is 0.191. The van der Waals surface area contributed by atoms with Crippen molar-refractivity contribution >= 4 is 29.3 Å². The molecular formula is C35H34ClN5OS. The van der Waals surface area contributed by atoms with Crippen LogP contribution in [0.15, 0.2) is 120 Å². The minimum atomic E-state index is 0.191. The summed E-state index contributed by atoms with van der Waals surface area (Å²) in [5.41, 5.74) is 4.52. The molecule has 0 spiro atoms. The maximum Gasteiger partial charge on any atom is 0.222 e. The maximum absolute atomic E-state index is 13.2. The number of rotatable bonds is 10. The van der Waals surface area contributed by atoms with Crippen LogP contribution in [-0.4, -0.2) is 62.4 Å². The van der Waals surface area contributed by atoms with Gasteiger partial charge in [-0.25, -0.2) is 0 Å². The molecule has 0 unspecified atom stereocenters. The molecule has 0 saturated carbocycles. The van der Waals surface area contributed by atoms with E-state index in [2.05, 4.69) is 92.5 Å². The van der Waals surface area contributed by atoms with Gasteiger partial charge in [0.05, 0.1) is 6.04 Å². The fraction of sp³-hybridized carbons (Fsp3) is 0.229. The Morgan fingerprint density at radius 2 is 1.33 bits per heavy atom. The van der Waals surface area contributed by atoms with Crippen LogP contribution in [0.5, 0.6) is 0 Å². The molecule has 1 fully saturated rings. The summed E-state index contributed by atoms with van der Waals surface area (Å²) in [7, 11) is 0. The third-order valence-corrected chi connectivity index (χ3v) is 9.05. The highest BCUT2D eigenvalue weighted by Crippen LogP contribution is 2.31. The second-order valence-electron chi connectivity index (χ2n) is 10.6. The first kappa shape index (κ1) is 29.2. The smallest absolute Gasteiger partial charge is 0.222 e. The van der Waals surface area contributed by atoms with Crippen LogP contribution in [0.25, 0.3) is 17.1 Å². The zero-order valence-corrected chi connectivity index (χ0v) is 25.5. The second kappa shape index (κ2) is 14.0. The Morgan fingerprint density at radius 1 is 0.744 bits per heavy atom. The lowest BCUT2D eigenvalue weighted by molar-refractivity contribution is -0.133. The van der Waals surface area contributed by atoms with Crippen LogP contribution in [0.3, 0.4) is 0 Å². The fourth-order valence-corrected chi connectivity index (χ4v) is 6.64. The molecule has 43 heavy (non-hydrogen) atoms. The quantitative estimate of drug-likeness (QED) is 0.122. The van der Waals surface area contributed by atoms with Gasteiger partial charge in [-0.05, 0) is 53.9 Å². The first-order valence-corrected chi connectivity index (χ1v) is 16.0. The molecule has 1 aliphatic rings. The van der Waals surface area contributed by atoms with E-state index in [0.717, 1.165) is 60.6 Å². The SMILES string of the molecule is O=C(CCCSc1nnc(-c2ccc(Cl)cc2)n1-c1ccccc1)N1CCN(C(c2ccccc2)c2ccccc2)CC1. The number of carbonyl (C=O) groups excluding carboxylic acids is 1. The first-order chi connectivity index (χ1) is 21.2. The molecule has 0 radical (unpaired) electrons. The maximum atomic E-state index is 13.2. The molecule has 0 N–H and O–H groups in total. The Morgan fingerprint density at radius 3 is 1.93 bits per heavy atom. The van der Waals surface area contributed by atoms with Crippen molar-refractivity contribution < 1.29 is 4.79 Å². The predicted octanol–water partition coefficient (Wildman–Crippen LogP) is 7.39. The van der Waals surface area contributed by atoms with Crippen LogP contribution in [-0.2, 0) is 4.79 Å². The van der Waals surface area contributed by atoms with E-state index in [0.29, 0.717) is 11.4 Å². The molecule has 6 nitrogen and oxygen atoms in total. The van der Waals surface area contributed by atoms with Crippen molar-refractivity contribution in [1.29, 1.82) is 0 Å². The molecule has 0 atom stereocenters. The summed E-state index contributed by atoms with van der Waals surface area (Å²) in [6, 6.07) is 39.3. The highest BCUT2D eigenvalue weighted by molar-refractivity contribution is 7.99. The molecule has 8 heteroatoms. The van der Waals surface area contributed by atoms with Crippen LogP contribution in [0.1, 0.15) is 30.0 Å². The van der Waals surface area contributed by atoms with Crippen molar-refractivity contribution in [3.8, 4) is 17.1 Å². The van der Waals surface area contributed by atoms with Crippen LogP contribution in [0, 0.1) is 0 Å². The van der Waals surface area contributed by atoms with Crippen LogP contribution in [0.4, 0.5) is 0 Å². The van der Waals surface area contributed by atoms with E-state index >= 15 is 0 Å². The van der Waals surface area contributed by atoms with E-state index in [-0.39, 0.29) is 11.9 Å². The van der Waals surface area contributed by atoms with Gasteiger partial charge in [0.15, 0.2) is 11.0 Å². The average molecular weight is 608 g/mol. The number of carbonyl (C=O) groups is 1. The van der Waals surface area contributed by atoms with Crippen LogP contribution in [0.2, 0.25) is 5.02 Å². The fourth-order valence-electron chi connectivity index (χ4n) is 5.62. The van der Waals surface area contributed by atoms with E-state index in [1.165, 1.54) is 11.1 Å². The standard InChI is InChI=1S/C35H34ClN5OS/c36-30-20-18-29(19-21-30)34-37-38-35(41(34)31-15-8-3-9-16-31)43-26-10-17-32(42)39-22-24-40(25-23-39)33(27-11-4-1-5-12-27)28-13-6-2-7-14-28/h1-9,11-16,18-21,33H,10,17,22-26H2. The molecule has 6 rings (SSSR count). The summed E-state index contributed by atoms with van der Waals surface area (Å²) < 4.78 is 2.07. The normalized spacial score (nSPS) is 13.9. The summed E-state index contributed by atoms with van der Waals surface area (Å²) in [5, 5.41) is 10.5. The van der Waals surface area contributed by atoms with E-state index in [9.17, 15) is 4.79 Å². The number of aromatic nitrogens is 3. The summed E-state index contributed by atoms with van der Waals surface area (Å²) in [5.74, 6) is 1.77. The lowest BCUT2D eigenvalue weighted by atomic mass is 9.96. The largest absolute Gasteiger partial charge is 0.340 e. The van der Waals surface area contributed by atoms with E-state index in [1.807, 2.05) is 47.4 Å². The Kier molecular flexibility index (Phi) is 9.53. The minimum Gasteiger partial charge on any atom is -0.340 e. The highest BCUT2D eigenvalue weighted by atomic mass is 35.5. The van der Waals surface area contributed by atoms with E-state index in [4.69, 9.17) is 11.6 Å². The Balaban J connectivity index is 1.05. The molecule has 0 aliphatic carbocycles. The third kappa shape index (κ3) is 7.02. The number of thioether (sulfide) groups is 1. The van der Waals surface area contributed by atoms with Gasteiger partial charge in [-0.1, -0.05) is 102 Å². The van der Waals surface area contributed by atoms with Crippen LogP contribution < -0.4 is 0 Å². The third-order valence-electron chi connectivity index (χ3n) is 7.78. The molecule has 5 aromatic rings. The van der Waals surface area contributed by atoms with Gasteiger partial charge < -0.3 is 4.90 Å². The van der Waals surface area contributed by atoms with Crippen molar-refractivity contribution in [3.63, 3.8) is 0 Å². The van der Waals surface area contributed by atoms with Crippen molar-refractivity contribution in [2.45, 2.75) is 24.0 Å². The van der Waals surface area contributed by atoms with Gasteiger partial charge in [0.25, 0.3) is 0 Å². The second-order valence-corrected chi connectivity index (χ2v) is 12.1. The number of benzene rings is 4. The van der Waals surface area contributed by atoms with E-state index < -0.39 is 0 Å². The topological polar surface area (TPSA) is 54.3 Å². The van der Waals surface area contributed by atoms with Gasteiger partial charge in [0.1, 0.15) is 0 Å². The Hall–Kier alpha value is -3.91. The monoisotopic (exact) mass is 607 g/mol. The van der Waals surface area contributed by atoms with Crippen molar-refractivity contribution in [2.75, 3.05) is 31.9 Å². The number of hydrogen-bond acceptors (Lipinski definition) is 5. The van der Waals surface area contributed by atoms with Crippen molar-refractivity contribution in [2.24, 2.45) is 0 Å². The average Bonchev–Trinajstić information content (AvgIpc) is 3.49. The summed E-state index contributed by atoms with van der Waals surface area (Å²) >= 11 is 7.75. The number of halogens is 1. The Bertz CT molecular complexity index is 1570. The zero-order chi connectivity index (χ0) is 29.4. The molecule has 1 aromatic heterocycles. The van der Waals surface area contributed by atoms with Gasteiger partial charge in [-0.15, -0.1) is 10.2 Å². The van der Waals surface area contributed by atoms with Crippen LogP contribution >= 0.6 is 23.4 Å².